The van der Waals surface area contributed by atoms with E-state index in [4.69, 9.17) is 9.47 Å². The molecule has 3 rings (SSSR count). The van der Waals surface area contributed by atoms with Crippen molar-refractivity contribution in [3.63, 3.8) is 0 Å². The molecule has 3 aromatic rings. The lowest BCUT2D eigenvalue weighted by atomic mass is 10.0. The van der Waals surface area contributed by atoms with Gasteiger partial charge in [-0.05, 0) is 48.2 Å². The Morgan fingerprint density at radius 3 is 2.34 bits per heavy atom. The first-order valence-corrected chi connectivity index (χ1v) is 8.63. The number of carbonyl (C=O) groups is 1. The summed E-state index contributed by atoms with van der Waals surface area (Å²) >= 11 is 0. The van der Waals surface area contributed by atoms with Crippen LogP contribution in [-0.4, -0.2) is 18.9 Å². The third-order valence-corrected chi connectivity index (χ3v) is 3.97. The van der Waals surface area contributed by atoms with Crippen LogP contribution in [0.3, 0.4) is 0 Å². The summed E-state index contributed by atoms with van der Waals surface area (Å²) < 4.78 is 65.1. The molecule has 0 aromatic heterocycles. The number of ether oxygens (including phenoxy) is 3. The van der Waals surface area contributed by atoms with E-state index < -0.39 is 18.1 Å². The molecule has 0 saturated carbocycles. The van der Waals surface area contributed by atoms with E-state index >= 15 is 0 Å². The van der Waals surface area contributed by atoms with Crippen molar-refractivity contribution in [3.8, 4) is 11.5 Å². The van der Waals surface area contributed by atoms with Gasteiger partial charge in [-0.25, -0.2) is 9.18 Å². The van der Waals surface area contributed by atoms with Crippen LogP contribution in [0.2, 0.25) is 0 Å². The maximum absolute atomic E-state index is 13.8. The minimum Gasteiger partial charge on any atom is -0.487 e. The van der Waals surface area contributed by atoms with E-state index in [1.54, 1.807) is 19.1 Å². The molecule has 0 aliphatic heterocycles. The largest absolute Gasteiger partial charge is 0.573 e. The van der Waals surface area contributed by atoms with Crippen molar-refractivity contribution in [2.24, 2.45) is 0 Å². The van der Waals surface area contributed by atoms with E-state index in [1.807, 2.05) is 0 Å². The zero-order chi connectivity index (χ0) is 21.0. The van der Waals surface area contributed by atoms with Crippen molar-refractivity contribution in [2.45, 2.75) is 19.9 Å². The Hall–Kier alpha value is -3.29. The molecule has 4 nitrogen and oxygen atoms in total. The molecule has 0 atom stereocenters. The molecule has 0 bridgehead atoms. The minimum absolute atomic E-state index is 0.0612. The number of fused-ring (bicyclic) bond motifs is 1. The predicted octanol–water partition coefficient (Wildman–Crippen LogP) is 5.63. The van der Waals surface area contributed by atoms with Crippen LogP contribution in [0, 0.1) is 5.82 Å². The van der Waals surface area contributed by atoms with Crippen LogP contribution in [0.25, 0.3) is 10.8 Å². The van der Waals surface area contributed by atoms with Gasteiger partial charge in [-0.3, -0.25) is 0 Å². The molecule has 3 aromatic carbocycles. The Bertz CT molecular complexity index is 1010. The summed E-state index contributed by atoms with van der Waals surface area (Å²) in [5.74, 6) is -1.35. The van der Waals surface area contributed by atoms with E-state index in [-0.39, 0.29) is 30.3 Å². The minimum atomic E-state index is -4.78. The molecule has 0 fully saturated rings. The molecule has 0 unspecified atom stereocenters. The van der Waals surface area contributed by atoms with Gasteiger partial charge < -0.3 is 14.2 Å². The second kappa shape index (κ2) is 8.38. The van der Waals surface area contributed by atoms with E-state index in [9.17, 15) is 22.4 Å². The number of halogens is 4. The summed E-state index contributed by atoms with van der Waals surface area (Å²) in [6, 6.07) is 12.4. The maximum atomic E-state index is 13.8. The van der Waals surface area contributed by atoms with Crippen molar-refractivity contribution in [1.29, 1.82) is 0 Å². The first-order chi connectivity index (χ1) is 13.8. The molecule has 0 aliphatic carbocycles. The Balaban J connectivity index is 1.89. The molecule has 0 radical (unpaired) electrons. The number of esters is 1. The molecule has 0 aliphatic rings. The van der Waals surface area contributed by atoms with Crippen LogP contribution < -0.4 is 9.47 Å². The monoisotopic (exact) mass is 408 g/mol. The van der Waals surface area contributed by atoms with Gasteiger partial charge in [-0.2, -0.15) is 0 Å². The van der Waals surface area contributed by atoms with E-state index in [1.165, 1.54) is 30.3 Å². The number of hydrogen-bond donors (Lipinski definition) is 0. The highest BCUT2D eigenvalue weighted by Crippen LogP contribution is 2.32. The van der Waals surface area contributed by atoms with Gasteiger partial charge in [-0.15, -0.1) is 13.2 Å². The Kier molecular flexibility index (Phi) is 5.91. The summed E-state index contributed by atoms with van der Waals surface area (Å²) in [5.41, 5.74) is 0.657. The van der Waals surface area contributed by atoms with Gasteiger partial charge >= 0.3 is 12.3 Å². The Labute approximate surface area is 163 Å². The van der Waals surface area contributed by atoms with Gasteiger partial charge in [-0.1, -0.05) is 24.3 Å². The van der Waals surface area contributed by atoms with E-state index in [2.05, 4.69) is 4.74 Å². The van der Waals surface area contributed by atoms with Crippen LogP contribution in [0.15, 0.2) is 54.6 Å². The average Bonchev–Trinajstić information content (AvgIpc) is 2.66. The van der Waals surface area contributed by atoms with Gasteiger partial charge in [0.2, 0.25) is 0 Å². The number of benzene rings is 3. The fraction of sp³-hybridized carbons (Fsp3) is 0.190. The number of hydrogen-bond acceptors (Lipinski definition) is 4. The summed E-state index contributed by atoms with van der Waals surface area (Å²) in [5, 5.41) is 1.04. The van der Waals surface area contributed by atoms with Crippen molar-refractivity contribution < 1.29 is 36.6 Å². The quantitative estimate of drug-likeness (QED) is 0.392. The summed E-state index contributed by atoms with van der Waals surface area (Å²) in [6.07, 6.45) is -4.78. The average molecular weight is 408 g/mol. The highest BCUT2D eigenvalue weighted by molar-refractivity contribution is 6.01. The maximum Gasteiger partial charge on any atom is 0.573 e. The molecule has 0 N–H and O–H groups in total. The molecular formula is C21H16F4O4. The van der Waals surface area contributed by atoms with Gasteiger partial charge in [0.15, 0.2) is 0 Å². The van der Waals surface area contributed by atoms with Gasteiger partial charge in [0, 0.05) is 5.39 Å². The van der Waals surface area contributed by atoms with Crippen molar-refractivity contribution >= 4 is 16.7 Å². The summed E-state index contributed by atoms with van der Waals surface area (Å²) in [7, 11) is 0. The first-order valence-electron chi connectivity index (χ1n) is 8.63. The molecule has 0 saturated heterocycles. The van der Waals surface area contributed by atoms with Gasteiger partial charge in [0.05, 0.1) is 6.61 Å². The molecule has 8 heteroatoms. The smallest absolute Gasteiger partial charge is 0.487 e. The fourth-order valence-electron chi connectivity index (χ4n) is 2.73. The second-order valence-electron chi connectivity index (χ2n) is 6.01. The predicted molar refractivity (Wildman–Crippen MR) is 97.3 cm³/mol. The van der Waals surface area contributed by atoms with E-state index in [0.29, 0.717) is 16.3 Å². The summed E-state index contributed by atoms with van der Waals surface area (Å²) in [4.78, 5) is 12.3. The van der Waals surface area contributed by atoms with Crippen molar-refractivity contribution in [2.75, 3.05) is 6.61 Å². The third-order valence-electron chi connectivity index (χ3n) is 3.97. The number of rotatable bonds is 6. The van der Waals surface area contributed by atoms with Crippen LogP contribution in [0.5, 0.6) is 11.5 Å². The molecule has 0 amide bonds. The van der Waals surface area contributed by atoms with Gasteiger partial charge in [0.1, 0.15) is 29.5 Å². The molecule has 0 spiro atoms. The highest BCUT2D eigenvalue weighted by atomic mass is 19.4. The number of alkyl halides is 3. The fourth-order valence-corrected chi connectivity index (χ4v) is 2.73. The molecule has 0 heterocycles. The van der Waals surface area contributed by atoms with Crippen molar-refractivity contribution in [1.82, 2.24) is 0 Å². The molecular weight excluding hydrogens is 392 g/mol. The van der Waals surface area contributed by atoms with Crippen molar-refractivity contribution in [3.05, 3.63) is 71.5 Å². The zero-order valence-corrected chi connectivity index (χ0v) is 15.3. The normalized spacial score (nSPS) is 11.3. The topological polar surface area (TPSA) is 44.8 Å². The van der Waals surface area contributed by atoms with Gasteiger partial charge in [0.25, 0.3) is 0 Å². The number of carbonyl (C=O) groups excluding carboxylic acids is 1. The Morgan fingerprint density at radius 1 is 1.00 bits per heavy atom. The standard InChI is InChI=1S/C21H16F4O4/c1-2-27-20(26)17-10-6-14-5-7-15(22)11-18(14)19(17)28-12-13-3-8-16(9-4-13)29-21(23,24)25/h3-11H,2,12H2,1H3. The lowest BCUT2D eigenvalue weighted by Crippen LogP contribution is -2.17. The van der Waals surface area contributed by atoms with Crippen LogP contribution in [0.1, 0.15) is 22.8 Å². The van der Waals surface area contributed by atoms with Crippen LogP contribution >= 0.6 is 0 Å². The lowest BCUT2D eigenvalue weighted by molar-refractivity contribution is -0.274. The lowest BCUT2D eigenvalue weighted by Gasteiger charge is -2.14. The first kappa shape index (κ1) is 20.4. The second-order valence-corrected chi connectivity index (χ2v) is 6.01. The molecule has 29 heavy (non-hydrogen) atoms. The molecule has 152 valence electrons. The summed E-state index contributed by atoms with van der Waals surface area (Å²) in [6.45, 7) is 1.75. The Morgan fingerprint density at radius 2 is 1.69 bits per heavy atom. The SMILES string of the molecule is CCOC(=O)c1ccc2ccc(F)cc2c1OCc1ccc(OC(F)(F)F)cc1. The van der Waals surface area contributed by atoms with E-state index in [0.717, 1.165) is 12.1 Å². The zero-order valence-electron chi connectivity index (χ0n) is 15.3. The van der Waals surface area contributed by atoms with Crippen LogP contribution in [-0.2, 0) is 11.3 Å². The van der Waals surface area contributed by atoms with Crippen LogP contribution in [0.4, 0.5) is 17.6 Å². The highest BCUT2D eigenvalue weighted by Gasteiger charge is 2.31. The third kappa shape index (κ3) is 5.16.